The van der Waals surface area contributed by atoms with Gasteiger partial charge in [-0.3, -0.25) is 14.5 Å². The highest BCUT2D eigenvalue weighted by Gasteiger charge is 2.21. The first-order valence-electron chi connectivity index (χ1n) is 10.1. The van der Waals surface area contributed by atoms with Crippen LogP contribution in [0.4, 0.5) is 5.13 Å². The molecule has 4 aromatic rings. The number of hydrogen-bond acceptors (Lipinski definition) is 6. The average molecular weight is 454 g/mol. The average Bonchev–Trinajstić information content (AvgIpc) is 3.33. The lowest BCUT2D eigenvalue weighted by molar-refractivity contribution is -0.119. The standard InChI is InChI=1S/C23H23N3O3S2/c1-3-29-18-9-10-19-20(13-18)31-22(24-19)26(14-17-7-5-4-6-8-17)21(27)11-12-25-16(2)15-30-23(25)28/h4-10,13,15H,3,11-12,14H2,1-2H3. The van der Waals surface area contributed by atoms with Crippen LogP contribution in [0.15, 0.2) is 58.7 Å². The first-order chi connectivity index (χ1) is 15.0. The smallest absolute Gasteiger partial charge is 0.307 e. The summed E-state index contributed by atoms with van der Waals surface area (Å²) in [5, 5.41) is 2.46. The molecule has 0 radical (unpaired) electrons. The van der Waals surface area contributed by atoms with Gasteiger partial charge in [0.2, 0.25) is 5.91 Å². The number of thiazole rings is 2. The molecule has 4 rings (SSSR count). The van der Waals surface area contributed by atoms with Gasteiger partial charge in [0.1, 0.15) is 5.75 Å². The third kappa shape index (κ3) is 4.86. The number of rotatable bonds is 8. The lowest BCUT2D eigenvalue weighted by atomic mass is 10.2. The maximum atomic E-state index is 13.3. The predicted molar refractivity (Wildman–Crippen MR) is 126 cm³/mol. The molecule has 0 spiro atoms. The van der Waals surface area contributed by atoms with Crippen LogP contribution in [0.25, 0.3) is 10.2 Å². The predicted octanol–water partition coefficient (Wildman–Crippen LogP) is 4.85. The van der Waals surface area contributed by atoms with Crippen molar-refractivity contribution in [1.82, 2.24) is 9.55 Å². The summed E-state index contributed by atoms with van der Waals surface area (Å²) >= 11 is 2.63. The number of anilines is 1. The highest BCUT2D eigenvalue weighted by molar-refractivity contribution is 7.22. The second-order valence-corrected chi connectivity index (χ2v) is 8.90. The Morgan fingerprint density at radius 3 is 2.71 bits per heavy atom. The van der Waals surface area contributed by atoms with Gasteiger partial charge in [0.15, 0.2) is 5.13 Å². The van der Waals surface area contributed by atoms with Crippen LogP contribution in [0.5, 0.6) is 5.75 Å². The number of hydrogen-bond donors (Lipinski definition) is 0. The van der Waals surface area contributed by atoms with E-state index >= 15 is 0 Å². The summed E-state index contributed by atoms with van der Waals surface area (Å²) in [6.07, 6.45) is 0.227. The summed E-state index contributed by atoms with van der Waals surface area (Å²) in [4.78, 5) is 31.7. The molecule has 0 bridgehead atoms. The SMILES string of the molecule is CCOc1ccc2nc(N(Cc3ccccc3)C(=O)CCn3c(C)csc3=O)sc2c1. The Kier molecular flexibility index (Phi) is 6.48. The van der Waals surface area contributed by atoms with E-state index in [0.29, 0.717) is 24.8 Å². The topological polar surface area (TPSA) is 64.4 Å². The highest BCUT2D eigenvalue weighted by atomic mass is 32.1. The van der Waals surface area contributed by atoms with E-state index < -0.39 is 0 Å². The molecule has 2 heterocycles. The zero-order valence-electron chi connectivity index (χ0n) is 17.4. The van der Waals surface area contributed by atoms with Gasteiger partial charge < -0.3 is 9.30 Å². The number of benzene rings is 2. The maximum Gasteiger partial charge on any atom is 0.307 e. The van der Waals surface area contributed by atoms with Crippen LogP contribution in [0.3, 0.4) is 0 Å². The van der Waals surface area contributed by atoms with E-state index in [0.717, 1.165) is 38.6 Å². The lowest BCUT2D eigenvalue weighted by Crippen LogP contribution is -2.31. The zero-order chi connectivity index (χ0) is 21.8. The first-order valence-corrected chi connectivity index (χ1v) is 11.8. The van der Waals surface area contributed by atoms with E-state index in [1.807, 2.05) is 67.8 Å². The minimum absolute atomic E-state index is 0.0386. The summed E-state index contributed by atoms with van der Waals surface area (Å²) in [6, 6.07) is 15.6. The molecule has 0 saturated carbocycles. The molecule has 0 aliphatic carbocycles. The summed E-state index contributed by atoms with van der Waals surface area (Å²) in [6.45, 7) is 5.21. The van der Waals surface area contributed by atoms with Gasteiger partial charge >= 0.3 is 4.87 Å². The van der Waals surface area contributed by atoms with Crippen LogP contribution in [0.1, 0.15) is 24.6 Å². The van der Waals surface area contributed by atoms with Crippen LogP contribution < -0.4 is 14.5 Å². The van der Waals surface area contributed by atoms with Crippen molar-refractivity contribution in [2.45, 2.75) is 33.4 Å². The molecule has 2 aromatic heterocycles. The minimum atomic E-state index is -0.0644. The van der Waals surface area contributed by atoms with Crippen molar-refractivity contribution in [3.05, 3.63) is 74.8 Å². The van der Waals surface area contributed by atoms with Crippen molar-refractivity contribution in [1.29, 1.82) is 0 Å². The van der Waals surface area contributed by atoms with Gasteiger partial charge in [0, 0.05) is 24.0 Å². The molecule has 1 amide bonds. The van der Waals surface area contributed by atoms with Crippen molar-refractivity contribution in [2.24, 2.45) is 0 Å². The molecule has 0 aliphatic rings. The van der Waals surface area contributed by atoms with E-state index in [2.05, 4.69) is 0 Å². The van der Waals surface area contributed by atoms with Crippen molar-refractivity contribution < 1.29 is 9.53 Å². The first kappa shape index (κ1) is 21.3. The molecular formula is C23H23N3O3S2. The Labute approximate surface area is 188 Å². The van der Waals surface area contributed by atoms with Gasteiger partial charge in [0.05, 0.1) is 23.4 Å². The molecule has 0 atom stereocenters. The van der Waals surface area contributed by atoms with Gasteiger partial charge in [-0.1, -0.05) is 53.0 Å². The lowest BCUT2D eigenvalue weighted by Gasteiger charge is -2.20. The van der Waals surface area contributed by atoms with Crippen LogP contribution in [-0.2, 0) is 17.9 Å². The Balaban J connectivity index is 1.62. The molecule has 0 saturated heterocycles. The molecule has 0 aliphatic heterocycles. The Morgan fingerprint density at radius 1 is 1.19 bits per heavy atom. The highest BCUT2D eigenvalue weighted by Crippen LogP contribution is 2.32. The third-order valence-corrected chi connectivity index (χ3v) is 6.82. The van der Waals surface area contributed by atoms with Crippen LogP contribution in [-0.4, -0.2) is 22.1 Å². The van der Waals surface area contributed by atoms with E-state index in [4.69, 9.17) is 9.72 Å². The molecule has 6 nitrogen and oxygen atoms in total. The molecule has 0 unspecified atom stereocenters. The summed E-state index contributed by atoms with van der Waals surface area (Å²) in [7, 11) is 0. The largest absolute Gasteiger partial charge is 0.494 e. The number of aryl methyl sites for hydroxylation is 1. The second-order valence-electron chi connectivity index (χ2n) is 7.07. The molecule has 160 valence electrons. The summed E-state index contributed by atoms with van der Waals surface area (Å²) < 4.78 is 8.21. The molecular weight excluding hydrogens is 430 g/mol. The normalized spacial score (nSPS) is 11.0. The molecule has 0 N–H and O–H groups in total. The number of nitrogens with zero attached hydrogens (tertiary/aromatic N) is 3. The van der Waals surface area contributed by atoms with E-state index in [-0.39, 0.29) is 17.2 Å². The van der Waals surface area contributed by atoms with Crippen molar-refractivity contribution in [3.63, 3.8) is 0 Å². The molecule has 8 heteroatoms. The fraction of sp³-hybridized carbons (Fsp3) is 0.261. The number of aromatic nitrogens is 2. The molecule has 2 aromatic carbocycles. The van der Waals surface area contributed by atoms with Crippen LogP contribution >= 0.6 is 22.7 Å². The van der Waals surface area contributed by atoms with Gasteiger partial charge in [0.25, 0.3) is 0 Å². The van der Waals surface area contributed by atoms with Gasteiger partial charge in [-0.15, -0.1) is 0 Å². The number of ether oxygens (including phenoxy) is 1. The Hall–Kier alpha value is -2.97. The van der Waals surface area contributed by atoms with E-state index in [1.165, 1.54) is 11.3 Å². The van der Waals surface area contributed by atoms with Gasteiger partial charge in [-0.25, -0.2) is 4.98 Å². The monoisotopic (exact) mass is 453 g/mol. The van der Waals surface area contributed by atoms with E-state index in [9.17, 15) is 9.59 Å². The van der Waals surface area contributed by atoms with Crippen molar-refractivity contribution in [2.75, 3.05) is 11.5 Å². The molecule has 0 fully saturated rings. The Morgan fingerprint density at radius 2 is 2.00 bits per heavy atom. The van der Waals surface area contributed by atoms with Gasteiger partial charge in [-0.2, -0.15) is 0 Å². The minimum Gasteiger partial charge on any atom is -0.494 e. The van der Waals surface area contributed by atoms with Crippen molar-refractivity contribution in [3.8, 4) is 5.75 Å². The fourth-order valence-corrected chi connectivity index (χ4v) is 5.08. The third-order valence-electron chi connectivity index (χ3n) is 4.90. The quantitative estimate of drug-likeness (QED) is 0.383. The second kappa shape index (κ2) is 9.45. The van der Waals surface area contributed by atoms with Crippen LogP contribution in [0, 0.1) is 6.92 Å². The van der Waals surface area contributed by atoms with Crippen molar-refractivity contribution >= 4 is 43.9 Å². The van der Waals surface area contributed by atoms with Gasteiger partial charge in [-0.05, 0) is 37.6 Å². The zero-order valence-corrected chi connectivity index (χ0v) is 19.0. The maximum absolute atomic E-state index is 13.3. The fourth-order valence-electron chi connectivity index (χ4n) is 3.31. The van der Waals surface area contributed by atoms with E-state index in [1.54, 1.807) is 9.47 Å². The number of fused-ring (bicyclic) bond motifs is 1. The summed E-state index contributed by atoms with van der Waals surface area (Å²) in [5.74, 6) is 0.726. The number of amides is 1. The number of carbonyl (C=O) groups excluding carboxylic acids is 1. The molecule has 31 heavy (non-hydrogen) atoms. The van der Waals surface area contributed by atoms with Crippen LogP contribution in [0.2, 0.25) is 0 Å². The Bertz CT molecular complexity index is 1240. The number of carbonyl (C=O) groups is 1. The summed E-state index contributed by atoms with van der Waals surface area (Å²) in [5.41, 5.74) is 2.73.